The molecule has 5 nitrogen and oxygen atoms in total. The summed E-state index contributed by atoms with van der Waals surface area (Å²) in [7, 11) is 0. The quantitative estimate of drug-likeness (QED) is 0.647. The Bertz CT molecular complexity index is 499. The number of thiophene rings is 1. The Morgan fingerprint density at radius 1 is 1.39 bits per heavy atom. The van der Waals surface area contributed by atoms with Crippen LogP contribution in [0.4, 0.5) is 5.00 Å². The number of nitrogens with one attached hydrogen (secondary N) is 2. The fraction of sp³-hybridized carbons (Fsp3) is 0.417. The molecule has 1 fully saturated rings. The van der Waals surface area contributed by atoms with Crippen LogP contribution in [0.5, 0.6) is 0 Å². The van der Waals surface area contributed by atoms with E-state index in [0.29, 0.717) is 10.6 Å². The molecule has 0 aliphatic heterocycles. The molecule has 0 atom stereocenters. The lowest BCUT2D eigenvalue weighted by Crippen LogP contribution is -2.21. The first-order valence-corrected chi connectivity index (χ1v) is 6.65. The van der Waals surface area contributed by atoms with Crippen LogP contribution in [0.15, 0.2) is 16.5 Å². The number of carbonyl (C=O) groups is 2. The number of hydrazone groups is 1. The fourth-order valence-electron chi connectivity index (χ4n) is 1.37. The molecule has 0 radical (unpaired) electrons. The Morgan fingerprint density at radius 2 is 2.11 bits per heavy atom. The van der Waals surface area contributed by atoms with Gasteiger partial charge in [-0.2, -0.15) is 5.10 Å². The molecule has 2 rings (SSSR count). The zero-order valence-electron chi connectivity index (χ0n) is 10.3. The molecule has 1 aromatic rings. The largest absolute Gasteiger partial charge is 0.317 e. The number of anilines is 1. The summed E-state index contributed by atoms with van der Waals surface area (Å²) in [5.74, 6) is -0.177. The van der Waals surface area contributed by atoms with Gasteiger partial charge in [0.1, 0.15) is 5.00 Å². The summed E-state index contributed by atoms with van der Waals surface area (Å²) in [4.78, 5) is 23.5. The van der Waals surface area contributed by atoms with Crippen LogP contribution < -0.4 is 10.7 Å². The van der Waals surface area contributed by atoms with E-state index >= 15 is 0 Å². The van der Waals surface area contributed by atoms with E-state index in [-0.39, 0.29) is 17.7 Å². The predicted octanol–water partition coefficient (Wildman–Crippen LogP) is 2.22. The molecule has 1 aromatic heterocycles. The van der Waals surface area contributed by atoms with Gasteiger partial charge in [-0.25, -0.2) is 5.43 Å². The highest BCUT2D eigenvalue weighted by molar-refractivity contribution is 7.14. The molecule has 0 aromatic carbocycles. The summed E-state index contributed by atoms with van der Waals surface area (Å²) in [6.07, 6.45) is 1.89. The highest BCUT2D eigenvalue weighted by Crippen LogP contribution is 2.32. The van der Waals surface area contributed by atoms with E-state index < -0.39 is 0 Å². The van der Waals surface area contributed by atoms with Crippen molar-refractivity contribution in [1.29, 1.82) is 0 Å². The van der Waals surface area contributed by atoms with E-state index in [1.165, 1.54) is 11.3 Å². The highest BCUT2D eigenvalue weighted by Gasteiger charge is 2.30. The minimum absolute atomic E-state index is 0.00155. The SMILES string of the molecule is CC(C)=NNC(=O)c1ccsc1NC(=O)C1CC1. The highest BCUT2D eigenvalue weighted by atomic mass is 32.1. The average molecular weight is 265 g/mol. The molecule has 2 amide bonds. The van der Waals surface area contributed by atoms with Crippen molar-refractivity contribution in [2.24, 2.45) is 11.0 Å². The Morgan fingerprint density at radius 3 is 2.72 bits per heavy atom. The van der Waals surface area contributed by atoms with E-state index in [2.05, 4.69) is 15.8 Å². The molecule has 1 heterocycles. The van der Waals surface area contributed by atoms with Crippen molar-refractivity contribution in [3.05, 3.63) is 17.0 Å². The van der Waals surface area contributed by atoms with Crippen LogP contribution in [0.1, 0.15) is 37.0 Å². The van der Waals surface area contributed by atoms with Gasteiger partial charge in [0, 0.05) is 11.6 Å². The van der Waals surface area contributed by atoms with Crippen LogP contribution in [0.25, 0.3) is 0 Å². The van der Waals surface area contributed by atoms with Crippen LogP contribution in [-0.4, -0.2) is 17.5 Å². The summed E-state index contributed by atoms with van der Waals surface area (Å²) in [5.41, 5.74) is 3.67. The van der Waals surface area contributed by atoms with Crippen LogP contribution in [0, 0.1) is 5.92 Å². The summed E-state index contributed by atoms with van der Waals surface area (Å²) in [6, 6.07) is 1.68. The van der Waals surface area contributed by atoms with E-state index in [1.807, 2.05) is 0 Å². The second-order valence-corrected chi connectivity index (χ2v) is 5.34. The third-order valence-electron chi connectivity index (χ3n) is 2.48. The number of hydrogen-bond donors (Lipinski definition) is 2. The standard InChI is InChI=1S/C12H15N3O2S/c1-7(2)14-15-11(17)9-5-6-18-12(9)13-10(16)8-3-4-8/h5-6,8H,3-4H2,1-2H3,(H,13,16)(H,15,17). The van der Waals surface area contributed by atoms with E-state index in [1.54, 1.807) is 25.3 Å². The Labute approximate surface area is 109 Å². The molecule has 1 aliphatic rings. The summed E-state index contributed by atoms with van der Waals surface area (Å²) >= 11 is 1.34. The molecule has 0 bridgehead atoms. The third-order valence-corrected chi connectivity index (χ3v) is 3.31. The average Bonchev–Trinajstić information content (AvgIpc) is 3.07. The fourth-order valence-corrected chi connectivity index (χ4v) is 2.15. The van der Waals surface area contributed by atoms with Gasteiger partial charge in [0.25, 0.3) is 5.91 Å². The van der Waals surface area contributed by atoms with Gasteiger partial charge in [-0.1, -0.05) is 0 Å². The molecule has 96 valence electrons. The number of carbonyl (C=O) groups excluding carboxylic acids is 2. The van der Waals surface area contributed by atoms with Gasteiger partial charge in [-0.3, -0.25) is 9.59 Å². The van der Waals surface area contributed by atoms with Gasteiger partial charge >= 0.3 is 0 Å². The molecular weight excluding hydrogens is 250 g/mol. The Kier molecular flexibility index (Phi) is 3.76. The number of rotatable bonds is 4. The van der Waals surface area contributed by atoms with Crippen molar-refractivity contribution in [2.45, 2.75) is 26.7 Å². The molecule has 0 saturated heterocycles. The lowest BCUT2D eigenvalue weighted by molar-refractivity contribution is -0.117. The van der Waals surface area contributed by atoms with Gasteiger partial charge in [-0.15, -0.1) is 11.3 Å². The van der Waals surface area contributed by atoms with Gasteiger partial charge in [0.15, 0.2) is 0 Å². The smallest absolute Gasteiger partial charge is 0.274 e. The van der Waals surface area contributed by atoms with Crippen molar-refractivity contribution in [2.75, 3.05) is 5.32 Å². The molecule has 1 saturated carbocycles. The van der Waals surface area contributed by atoms with E-state index in [0.717, 1.165) is 18.6 Å². The predicted molar refractivity (Wildman–Crippen MR) is 71.9 cm³/mol. The van der Waals surface area contributed by atoms with E-state index in [9.17, 15) is 9.59 Å². The molecular formula is C12H15N3O2S. The molecule has 0 spiro atoms. The van der Waals surface area contributed by atoms with Crippen molar-refractivity contribution >= 4 is 33.9 Å². The summed E-state index contributed by atoms with van der Waals surface area (Å²) in [6.45, 7) is 3.59. The van der Waals surface area contributed by atoms with Crippen LogP contribution in [0.3, 0.4) is 0 Å². The molecule has 18 heavy (non-hydrogen) atoms. The van der Waals surface area contributed by atoms with Crippen LogP contribution in [-0.2, 0) is 4.79 Å². The van der Waals surface area contributed by atoms with E-state index in [4.69, 9.17) is 0 Å². The number of nitrogens with zero attached hydrogens (tertiary/aromatic N) is 1. The zero-order valence-corrected chi connectivity index (χ0v) is 11.1. The van der Waals surface area contributed by atoms with Gasteiger partial charge in [0.05, 0.1) is 5.56 Å². The first kappa shape index (κ1) is 12.8. The molecule has 2 N–H and O–H groups in total. The molecule has 1 aliphatic carbocycles. The summed E-state index contributed by atoms with van der Waals surface area (Å²) in [5, 5.41) is 9.02. The molecule has 0 unspecified atom stereocenters. The first-order chi connectivity index (χ1) is 8.58. The Hall–Kier alpha value is -1.69. The number of hydrogen-bond acceptors (Lipinski definition) is 4. The van der Waals surface area contributed by atoms with Gasteiger partial charge in [-0.05, 0) is 38.1 Å². The van der Waals surface area contributed by atoms with Crippen molar-refractivity contribution in [3.8, 4) is 0 Å². The number of amides is 2. The van der Waals surface area contributed by atoms with Crippen molar-refractivity contribution in [1.82, 2.24) is 5.43 Å². The maximum absolute atomic E-state index is 11.8. The second kappa shape index (κ2) is 5.30. The third kappa shape index (κ3) is 3.16. The first-order valence-electron chi connectivity index (χ1n) is 5.77. The topological polar surface area (TPSA) is 70.6 Å². The van der Waals surface area contributed by atoms with Crippen LogP contribution >= 0.6 is 11.3 Å². The van der Waals surface area contributed by atoms with Crippen molar-refractivity contribution < 1.29 is 9.59 Å². The summed E-state index contributed by atoms with van der Waals surface area (Å²) < 4.78 is 0. The lowest BCUT2D eigenvalue weighted by atomic mass is 10.3. The van der Waals surface area contributed by atoms with Gasteiger partial charge in [0.2, 0.25) is 5.91 Å². The normalized spacial score (nSPS) is 13.9. The minimum atomic E-state index is -0.302. The minimum Gasteiger partial charge on any atom is -0.317 e. The Balaban J connectivity index is 2.04. The lowest BCUT2D eigenvalue weighted by Gasteiger charge is -2.04. The van der Waals surface area contributed by atoms with Gasteiger partial charge < -0.3 is 5.32 Å². The zero-order chi connectivity index (χ0) is 13.1. The maximum Gasteiger partial charge on any atom is 0.274 e. The second-order valence-electron chi connectivity index (χ2n) is 4.43. The van der Waals surface area contributed by atoms with Crippen LogP contribution in [0.2, 0.25) is 0 Å². The molecule has 6 heteroatoms. The maximum atomic E-state index is 11.8. The van der Waals surface area contributed by atoms with Crippen molar-refractivity contribution in [3.63, 3.8) is 0 Å². The monoisotopic (exact) mass is 265 g/mol.